The third-order valence-electron chi connectivity index (χ3n) is 12.2. The lowest BCUT2D eigenvalue weighted by molar-refractivity contribution is -0.249. The van der Waals surface area contributed by atoms with Gasteiger partial charge in [0.05, 0.1) is 47.5 Å². The Morgan fingerprint density at radius 3 is 2.39 bits per heavy atom. The molecule has 19 heteroatoms. The first-order valence-corrected chi connectivity index (χ1v) is 19.9. The van der Waals surface area contributed by atoms with Crippen LogP contribution in [0.2, 0.25) is 0 Å². The molecule has 3 aliphatic carbocycles. The summed E-state index contributed by atoms with van der Waals surface area (Å²) in [5, 5.41) is 59.0. The Balaban J connectivity index is 1.10. The number of rotatable bonds is 9. The molecule has 19 nitrogen and oxygen atoms in total. The molecule has 3 amide bonds. The number of amides is 3. The molecule has 2 aromatic rings. The molecule has 2 aliphatic heterocycles. The molecule has 6 N–H and O–H groups in total. The highest BCUT2D eigenvalue weighted by Gasteiger charge is 2.51. The van der Waals surface area contributed by atoms with Gasteiger partial charge in [0.1, 0.15) is 41.7 Å². The number of hydrogen-bond acceptors (Lipinski definition) is 17. The van der Waals surface area contributed by atoms with Crippen molar-refractivity contribution in [1.82, 2.24) is 10.4 Å². The van der Waals surface area contributed by atoms with E-state index >= 15 is 0 Å². The lowest BCUT2D eigenvalue weighted by atomic mass is 9.72. The molecule has 8 atom stereocenters. The van der Waals surface area contributed by atoms with E-state index in [2.05, 4.69) is 5.32 Å². The lowest BCUT2D eigenvalue weighted by Crippen LogP contribution is -2.56. The Bertz CT molecular complexity index is 2220. The van der Waals surface area contributed by atoms with Crippen molar-refractivity contribution in [3.05, 3.63) is 63.7 Å². The fourth-order valence-corrected chi connectivity index (χ4v) is 8.67. The van der Waals surface area contributed by atoms with Crippen molar-refractivity contribution in [2.45, 2.75) is 114 Å². The zero-order chi connectivity index (χ0) is 44.1. The summed E-state index contributed by atoms with van der Waals surface area (Å²) in [4.78, 5) is 96.5. The third kappa shape index (κ3) is 7.87. The molecular weight excluding hydrogens is 804 g/mol. The average Bonchev–Trinajstić information content (AvgIpc) is 3.54. The van der Waals surface area contributed by atoms with Crippen LogP contribution in [0.3, 0.4) is 0 Å². The van der Waals surface area contributed by atoms with Crippen LogP contribution in [0.5, 0.6) is 17.2 Å². The van der Waals surface area contributed by atoms with E-state index in [0.717, 1.165) is 0 Å². The number of aromatic hydroxyl groups is 2. The van der Waals surface area contributed by atoms with Gasteiger partial charge in [-0.2, -0.15) is 0 Å². The number of carbonyl (C=O) groups is 7. The predicted molar refractivity (Wildman–Crippen MR) is 204 cm³/mol. The van der Waals surface area contributed by atoms with Gasteiger partial charge in [0.2, 0.25) is 5.78 Å². The minimum absolute atomic E-state index is 0.0354. The fraction of sp³-hybridized carbons (Fsp3) is 0.500. The average molecular weight is 851 g/mol. The summed E-state index contributed by atoms with van der Waals surface area (Å²) >= 11 is 0. The number of aliphatic hydroxyl groups is 3. The third-order valence-corrected chi connectivity index (χ3v) is 12.2. The first-order valence-electron chi connectivity index (χ1n) is 19.9. The number of phenols is 2. The van der Waals surface area contributed by atoms with Crippen LogP contribution in [0.25, 0.3) is 0 Å². The van der Waals surface area contributed by atoms with E-state index in [1.54, 1.807) is 19.1 Å². The number of hydroxylamine groups is 2. The second kappa shape index (κ2) is 16.6. The number of hydrogen-bond donors (Lipinski definition) is 6. The van der Waals surface area contributed by atoms with Gasteiger partial charge in [-0.3, -0.25) is 24.0 Å². The van der Waals surface area contributed by atoms with Gasteiger partial charge >= 0.3 is 12.1 Å². The number of carbonyl (C=O) groups excluding carboxylic acids is 7. The topological polar surface area (TPSA) is 282 Å². The quantitative estimate of drug-likeness (QED) is 0.102. The molecule has 0 radical (unpaired) electrons. The normalized spacial score (nSPS) is 30.3. The van der Waals surface area contributed by atoms with Crippen LogP contribution in [-0.4, -0.2) is 122 Å². The molecule has 1 unspecified atom stereocenters. The number of fused-ring (bicyclic) bond motifs is 3. The molecular formula is C42H46N2O17. The van der Waals surface area contributed by atoms with Gasteiger partial charge in [-0.25, -0.2) is 9.59 Å². The van der Waals surface area contributed by atoms with Crippen molar-refractivity contribution in [1.29, 1.82) is 0 Å². The summed E-state index contributed by atoms with van der Waals surface area (Å²) in [5.41, 5.74) is -5.43. The Kier molecular flexibility index (Phi) is 11.8. The smallest absolute Gasteiger partial charge is 0.408 e. The maximum absolute atomic E-state index is 14.0. The summed E-state index contributed by atoms with van der Waals surface area (Å²) in [7, 11) is 1.29. The van der Waals surface area contributed by atoms with E-state index in [9.17, 15) is 59.1 Å². The van der Waals surface area contributed by atoms with Gasteiger partial charge in [-0.15, -0.1) is 5.06 Å². The minimum atomic E-state index is -2.39. The number of ether oxygens (including phenoxy) is 4. The predicted octanol–water partition coefficient (Wildman–Crippen LogP) is 1.88. The Morgan fingerprint density at radius 2 is 1.70 bits per heavy atom. The number of alkyl carbamates (subject to hydrolysis) is 1. The van der Waals surface area contributed by atoms with Crippen LogP contribution in [-0.2, 0) is 44.6 Å². The minimum Gasteiger partial charge on any atom is -0.507 e. The molecule has 5 aliphatic rings. The van der Waals surface area contributed by atoms with Crippen LogP contribution in [0.15, 0.2) is 30.4 Å². The molecule has 2 fully saturated rings. The fourth-order valence-electron chi connectivity index (χ4n) is 8.67. The molecule has 0 saturated carbocycles. The lowest BCUT2D eigenvalue weighted by Gasteiger charge is -2.42. The SMILES string of the molecule is COc1cccc2c1C(=O)c1c(O)c3c(c(O)c1C2=O)C[C@@](O)(C(=O)CO)C[C@@H]3O[C@H]1C[C@@H](NC(=O)O[C@@H]2/C=C/CC[C@](C)(C(=O)ON3C(=O)CCC3=O)CC2)[C@H](O)C(C)O1. The summed E-state index contributed by atoms with van der Waals surface area (Å²) in [6.07, 6.45) is -4.27. The van der Waals surface area contributed by atoms with E-state index in [1.807, 2.05) is 0 Å². The number of imide groups is 1. The van der Waals surface area contributed by atoms with E-state index in [1.165, 1.54) is 32.2 Å². The number of phenolic OH excluding ortho intramolecular Hbond substituents is 2. The van der Waals surface area contributed by atoms with Gasteiger partial charge in [0, 0.05) is 48.8 Å². The highest BCUT2D eigenvalue weighted by molar-refractivity contribution is 6.31. The monoisotopic (exact) mass is 850 g/mol. The number of nitrogens with zero attached hydrogens (tertiary/aromatic N) is 1. The highest BCUT2D eigenvalue weighted by Crippen LogP contribution is 2.52. The highest BCUT2D eigenvalue weighted by atomic mass is 16.7. The Labute approximate surface area is 348 Å². The first-order chi connectivity index (χ1) is 28.9. The zero-order valence-corrected chi connectivity index (χ0v) is 33.5. The number of nitrogens with one attached hydrogen (secondary N) is 1. The number of allylic oxidation sites excluding steroid dienone is 1. The van der Waals surface area contributed by atoms with Crippen molar-refractivity contribution >= 4 is 41.2 Å². The van der Waals surface area contributed by atoms with Crippen LogP contribution < -0.4 is 10.1 Å². The number of Topliss-reactive ketones (excluding diaryl/α,β-unsaturated/α-hetero) is 1. The van der Waals surface area contributed by atoms with Gasteiger partial charge in [-0.05, 0) is 51.7 Å². The number of methoxy groups -OCH3 is 1. The summed E-state index contributed by atoms with van der Waals surface area (Å²) in [5.74, 6) is -6.26. The standard InChI is InChI=1S/C42H46N2O17/c1-19-34(49)23(43-40(55)59-20-7-4-5-13-41(2,14-12-20)39(54)61-44-27(47)10-11-28(44)48)15-29(58-19)60-25-17-42(56,26(46)18-45)16-22-31(25)38(53)33-32(36(22)51)35(50)21-8-6-9-24(57-3)30(21)37(33)52/h4,6-9,19-20,23,25,29,34,45,49,51,53,56H,5,10-18H2,1-3H3,(H,43,55)/b7-4+/t19?,20-,23-,25+,29+,34-,41+,42+/m1/s1. The van der Waals surface area contributed by atoms with E-state index in [0.29, 0.717) is 17.9 Å². The van der Waals surface area contributed by atoms with Crippen LogP contribution in [0, 0.1) is 5.41 Å². The molecule has 0 aromatic heterocycles. The van der Waals surface area contributed by atoms with Crippen molar-refractivity contribution in [3.8, 4) is 17.2 Å². The second-order valence-corrected chi connectivity index (χ2v) is 16.2. The Morgan fingerprint density at radius 1 is 1.00 bits per heavy atom. The molecule has 326 valence electrons. The first kappa shape index (κ1) is 43.4. The summed E-state index contributed by atoms with van der Waals surface area (Å²) in [6.45, 7) is 2.00. The van der Waals surface area contributed by atoms with E-state index < -0.39 is 131 Å². The maximum Gasteiger partial charge on any atom is 0.408 e. The number of ketones is 3. The summed E-state index contributed by atoms with van der Waals surface area (Å²) < 4.78 is 23.1. The van der Waals surface area contributed by atoms with Crippen molar-refractivity contribution in [3.63, 3.8) is 0 Å². The molecule has 2 aromatic carbocycles. The molecule has 2 saturated heterocycles. The van der Waals surface area contributed by atoms with Gasteiger partial charge < -0.3 is 54.6 Å². The van der Waals surface area contributed by atoms with Gasteiger partial charge in [0.15, 0.2) is 17.9 Å². The molecule has 2 heterocycles. The second-order valence-electron chi connectivity index (χ2n) is 16.2. The number of benzene rings is 2. The number of aliphatic hydroxyl groups excluding tert-OH is 2. The largest absolute Gasteiger partial charge is 0.507 e. The van der Waals surface area contributed by atoms with Crippen LogP contribution >= 0.6 is 0 Å². The van der Waals surface area contributed by atoms with Gasteiger partial charge in [-0.1, -0.05) is 18.2 Å². The molecule has 7 rings (SSSR count). The van der Waals surface area contributed by atoms with Crippen molar-refractivity contribution < 1.29 is 82.9 Å². The van der Waals surface area contributed by atoms with Crippen LogP contribution in [0.4, 0.5) is 4.79 Å². The maximum atomic E-state index is 14.0. The van der Waals surface area contributed by atoms with Crippen LogP contribution in [0.1, 0.15) is 114 Å². The molecule has 61 heavy (non-hydrogen) atoms. The van der Waals surface area contributed by atoms with E-state index in [4.69, 9.17) is 23.8 Å². The van der Waals surface area contributed by atoms with Crippen molar-refractivity contribution in [2.24, 2.45) is 5.41 Å². The molecule has 0 bridgehead atoms. The summed E-state index contributed by atoms with van der Waals surface area (Å²) in [6, 6.07) is 3.17. The van der Waals surface area contributed by atoms with Crippen molar-refractivity contribution in [2.75, 3.05) is 13.7 Å². The molecule has 0 spiro atoms. The zero-order valence-electron chi connectivity index (χ0n) is 33.5. The Hall–Kier alpha value is -5.73. The van der Waals surface area contributed by atoms with E-state index in [-0.39, 0.29) is 60.1 Å². The van der Waals surface area contributed by atoms with Gasteiger partial charge in [0.25, 0.3) is 11.8 Å².